The molecule has 1 aliphatic rings. The van der Waals surface area contributed by atoms with Crippen LogP contribution in [0.25, 0.3) is 11.1 Å². The summed E-state index contributed by atoms with van der Waals surface area (Å²) in [5.41, 5.74) is 7.75. The van der Waals surface area contributed by atoms with E-state index in [-0.39, 0.29) is 23.5 Å². The van der Waals surface area contributed by atoms with Gasteiger partial charge in [0.15, 0.2) is 0 Å². The summed E-state index contributed by atoms with van der Waals surface area (Å²) in [6, 6.07) is 14.5. The molecule has 0 spiro atoms. The van der Waals surface area contributed by atoms with Crippen LogP contribution in [0.3, 0.4) is 0 Å². The average molecular weight is 412 g/mol. The summed E-state index contributed by atoms with van der Waals surface area (Å²) < 4.78 is 14.0. The van der Waals surface area contributed by atoms with E-state index < -0.39 is 0 Å². The molecular weight excluding hydrogens is 381 g/mol. The Morgan fingerprint density at radius 1 is 1.10 bits per heavy atom. The third-order valence-electron chi connectivity index (χ3n) is 5.61. The van der Waals surface area contributed by atoms with Crippen LogP contribution in [0.4, 0.5) is 4.39 Å². The van der Waals surface area contributed by atoms with Crippen molar-refractivity contribution >= 4 is 11.8 Å². The van der Waals surface area contributed by atoms with Gasteiger partial charge in [-0.1, -0.05) is 49.4 Å². The molecule has 1 heterocycles. The van der Waals surface area contributed by atoms with Gasteiger partial charge >= 0.3 is 0 Å². The summed E-state index contributed by atoms with van der Waals surface area (Å²) >= 11 is 0. The fourth-order valence-electron chi connectivity index (χ4n) is 4.03. The van der Waals surface area contributed by atoms with Gasteiger partial charge in [0, 0.05) is 44.7 Å². The molecule has 3 rings (SSSR count). The molecule has 2 aromatic carbocycles. The highest BCUT2D eigenvalue weighted by molar-refractivity contribution is 5.80. The van der Waals surface area contributed by atoms with Gasteiger partial charge in [0.1, 0.15) is 5.82 Å². The predicted molar refractivity (Wildman–Crippen MR) is 116 cm³/mol. The summed E-state index contributed by atoms with van der Waals surface area (Å²) in [5, 5.41) is 0. The molecule has 160 valence electrons. The van der Waals surface area contributed by atoms with Crippen molar-refractivity contribution < 1.29 is 14.0 Å². The molecule has 2 N–H and O–H groups in total. The van der Waals surface area contributed by atoms with Crippen LogP contribution in [0, 0.1) is 11.7 Å². The first-order valence-electron chi connectivity index (χ1n) is 10.6. The zero-order chi connectivity index (χ0) is 21.5. The number of halogens is 1. The normalized spacial score (nSPS) is 17.7. The number of hydrogen-bond donors (Lipinski definition) is 1. The van der Waals surface area contributed by atoms with Gasteiger partial charge in [-0.3, -0.25) is 9.59 Å². The molecule has 0 unspecified atom stereocenters. The molecule has 0 radical (unpaired) electrons. The number of carbonyl (C=O) groups excluding carboxylic acids is 2. The summed E-state index contributed by atoms with van der Waals surface area (Å²) in [5.74, 6) is -0.580. The fraction of sp³-hybridized carbons (Fsp3) is 0.417. The smallest absolute Gasteiger partial charge is 0.227 e. The zero-order valence-corrected chi connectivity index (χ0v) is 17.5. The molecule has 6 heteroatoms. The number of amides is 2. The molecule has 0 bridgehead atoms. The lowest BCUT2D eigenvalue weighted by Gasteiger charge is -2.24. The standard InChI is InChI=1S/C24H30FN3O2/c1-2-12-28-15-14-27(13-11-23(26)29)17-20(24(28)30)16-18-7-9-19(10-8-18)21-5-3-4-6-22(21)25/h3-10,20H,2,11-17H2,1H3,(H2,26,29)/t20-/m1/s1. The van der Waals surface area contributed by atoms with E-state index in [1.54, 1.807) is 12.1 Å². The van der Waals surface area contributed by atoms with Crippen LogP contribution in [-0.2, 0) is 16.0 Å². The second-order valence-corrected chi connectivity index (χ2v) is 7.92. The van der Waals surface area contributed by atoms with Gasteiger partial charge in [-0.2, -0.15) is 0 Å². The third kappa shape index (κ3) is 5.66. The largest absolute Gasteiger partial charge is 0.370 e. The number of benzene rings is 2. The first-order valence-corrected chi connectivity index (χ1v) is 10.6. The Bertz CT molecular complexity index is 869. The van der Waals surface area contributed by atoms with Crippen molar-refractivity contribution in [1.82, 2.24) is 9.80 Å². The topological polar surface area (TPSA) is 66.6 Å². The SMILES string of the molecule is CCCN1CCN(CCC(N)=O)C[C@@H](Cc2ccc(-c3ccccc3F)cc2)C1=O. The minimum Gasteiger partial charge on any atom is -0.370 e. The quantitative estimate of drug-likeness (QED) is 0.726. The van der Waals surface area contributed by atoms with Crippen molar-refractivity contribution in [2.24, 2.45) is 11.7 Å². The zero-order valence-electron chi connectivity index (χ0n) is 17.5. The van der Waals surface area contributed by atoms with Crippen molar-refractivity contribution in [1.29, 1.82) is 0 Å². The van der Waals surface area contributed by atoms with Crippen molar-refractivity contribution in [2.75, 3.05) is 32.7 Å². The van der Waals surface area contributed by atoms with E-state index in [1.807, 2.05) is 35.2 Å². The lowest BCUT2D eigenvalue weighted by atomic mass is 9.95. The molecule has 0 aliphatic carbocycles. The highest BCUT2D eigenvalue weighted by Crippen LogP contribution is 2.24. The molecule has 1 atom stereocenters. The van der Waals surface area contributed by atoms with Crippen LogP contribution >= 0.6 is 0 Å². The van der Waals surface area contributed by atoms with E-state index >= 15 is 0 Å². The monoisotopic (exact) mass is 411 g/mol. The first kappa shape index (κ1) is 22.0. The highest BCUT2D eigenvalue weighted by atomic mass is 19.1. The highest BCUT2D eigenvalue weighted by Gasteiger charge is 2.30. The summed E-state index contributed by atoms with van der Waals surface area (Å²) in [7, 11) is 0. The molecule has 30 heavy (non-hydrogen) atoms. The number of nitrogens with two attached hydrogens (primary N) is 1. The van der Waals surface area contributed by atoms with Crippen molar-refractivity contribution in [3.8, 4) is 11.1 Å². The van der Waals surface area contributed by atoms with E-state index in [4.69, 9.17) is 5.73 Å². The lowest BCUT2D eigenvalue weighted by molar-refractivity contribution is -0.134. The number of carbonyl (C=O) groups is 2. The fourth-order valence-corrected chi connectivity index (χ4v) is 4.03. The molecule has 5 nitrogen and oxygen atoms in total. The van der Waals surface area contributed by atoms with Gasteiger partial charge in [-0.05, 0) is 30.0 Å². The van der Waals surface area contributed by atoms with E-state index in [0.717, 1.165) is 30.6 Å². The van der Waals surface area contributed by atoms with Gasteiger partial charge < -0.3 is 15.5 Å². The van der Waals surface area contributed by atoms with Crippen LogP contribution in [0.1, 0.15) is 25.3 Å². The predicted octanol–water partition coefficient (Wildman–Crippen LogP) is 3.08. The maximum atomic E-state index is 14.0. The summed E-state index contributed by atoms with van der Waals surface area (Å²) in [6.07, 6.45) is 1.83. The van der Waals surface area contributed by atoms with Gasteiger partial charge in [0.25, 0.3) is 0 Å². The molecule has 1 aliphatic heterocycles. The van der Waals surface area contributed by atoms with Crippen molar-refractivity contribution in [2.45, 2.75) is 26.2 Å². The second-order valence-electron chi connectivity index (χ2n) is 7.92. The Labute approximate surface area is 177 Å². The van der Waals surface area contributed by atoms with E-state index in [1.165, 1.54) is 6.07 Å². The first-order chi connectivity index (χ1) is 14.5. The van der Waals surface area contributed by atoms with Gasteiger partial charge in [-0.25, -0.2) is 4.39 Å². The molecule has 1 saturated heterocycles. The average Bonchev–Trinajstić information content (AvgIpc) is 2.88. The second kappa shape index (κ2) is 10.3. The summed E-state index contributed by atoms with van der Waals surface area (Å²) in [4.78, 5) is 28.4. The molecule has 0 aromatic heterocycles. The van der Waals surface area contributed by atoms with E-state index in [0.29, 0.717) is 38.0 Å². The number of hydrogen-bond acceptors (Lipinski definition) is 3. The van der Waals surface area contributed by atoms with Crippen LogP contribution < -0.4 is 5.73 Å². The Morgan fingerprint density at radius 2 is 1.83 bits per heavy atom. The maximum Gasteiger partial charge on any atom is 0.227 e. The minimum absolute atomic E-state index is 0.164. The van der Waals surface area contributed by atoms with Crippen LogP contribution in [0.2, 0.25) is 0 Å². The van der Waals surface area contributed by atoms with Crippen LogP contribution in [0.15, 0.2) is 48.5 Å². The maximum absolute atomic E-state index is 14.0. The number of rotatable bonds is 8. The molecular formula is C24H30FN3O2. The van der Waals surface area contributed by atoms with E-state index in [2.05, 4.69) is 11.8 Å². The van der Waals surface area contributed by atoms with Gasteiger partial charge in [0.2, 0.25) is 11.8 Å². The number of primary amides is 1. The Hall–Kier alpha value is -2.73. The van der Waals surface area contributed by atoms with E-state index in [9.17, 15) is 14.0 Å². The molecule has 2 amide bonds. The van der Waals surface area contributed by atoms with Crippen LogP contribution in [-0.4, -0.2) is 54.3 Å². The summed E-state index contributed by atoms with van der Waals surface area (Å²) in [6.45, 7) is 5.42. The minimum atomic E-state index is -0.323. The lowest BCUT2D eigenvalue weighted by Crippen LogP contribution is -2.37. The van der Waals surface area contributed by atoms with Crippen molar-refractivity contribution in [3.05, 3.63) is 59.9 Å². The number of nitrogens with zero attached hydrogens (tertiary/aromatic N) is 2. The Morgan fingerprint density at radius 3 is 2.50 bits per heavy atom. The molecule has 0 saturated carbocycles. The third-order valence-corrected chi connectivity index (χ3v) is 5.61. The van der Waals surface area contributed by atoms with Crippen LogP contribution in [0.5, 0.6) is 0 Å². The Balaban J connectivity index is 1.74. The van der Waals surface area contributed by atoms with Gasteiger partial charge in [0.05, 0.1) is 5.92 Å². The van der Waals surface area contributed by atoms with Gasteiger partial charge in [-0.15, -0.1) is 0 Å². The molecule has 1 fully saturated rings. The Kier molecular flexibility index (Phi) is 7.57. The van der Waals surface area contributed by atoms with Crippen molar-refractivity contribution in [3.63, 3.8) is 0 Å². The molecule has 2 aromatic rings.